The fourth-order valence-electron chi connectivity index (χ4n) is 1.36. The molecule has 7 nitrogen and oxygen atoms in total. The van der Waals surface area contributed by atoms with Gasteiger partial charge in [-0.1, -0.05) is 23.9 Å². The summed E-state index contributed by atoms with van der Waals surface area (Å²) in [5, 5.41) is 22.4. The average molecular weight is 277 g/mol. The van der Waals surface area contributed by atoms with E-state index in [1.807, 2.05) is 12.2 Å². The number of non-ortho nitro benzene ring substituents is 1. The largest absolute Gasteiger partial charge is 0.269 e. The van der Waals surface area contributed by atoms with E-state index in [4.69, 9.17) is 0 Å². The van der Waals surface area contributed by atoms with E-state index in [1.165, 1.54) is 23.9 Å². The highest BCUT2D eigenvalue weighted by atomic mass is 32.2. The van der Waals surface area contributed by atoms with Crippen LogP contribution in [0.1, 0.15) is 5.56 Å². The van der Waals surface area contributed by atoms with Crippen LogP contribution in [-0.4, -0.2) is 30.9 Å². The third-order valence-electron chi connectivity index (χ3n) is 2.30. The first-order chi connectivity index (χ1) is 9.16. The first-order valence-corrected chi connectivity index (χ1v) is 6.41. The van der Waals surface area contributed by atoms with Gasteiger partial charge < -0.3 is 0 Å². The molecule has 0 aliphatic carbocycles. The molecule has 8 heteroatoms. The highest BCUT2D eigenvalue weighted by molar-refractivity contribution is 7.99. The van der Waals surface area contributed by atoms with Gasteiger partial charge >= 0.3 is 0 Å². The molecule has 1 heterocycles. The molecule has 19 heavy (non-hydrogen) atoms. The van der Waals surface area contributed by atoms with Crippen LogP contribution in [0, 0.1) is 10.1 Å². The van der Waals surface area contributed by atoms with E-state index in [-0.39, 0.29) is 5.69 Å². The van der Waals surface area contributed by atoms with Crippen molar-refractivity contribution in [1.29, 1.82) is 0 Å². The lowest BCUT2D eigenvalue weighted by Gasteiger charge is -1.95. The van der Waals surface area contributed by atoms with Gasteiger partial charge in [-0.3, -0.25) is 10.1 Å². The molecule has 0 unspecified atom stereocenters. The lowest BCUT2D eigenvalue weighted by Crippen LogP contribution is -1.92. The average Bonchev–Trinajstić information content (AvgIpc) is 2.81. The summed E-state index contributed by atoms with van der Waals surface area (Å²) in [6.45, 7) is 0. The topological polar surface area (TPSA) is 86.7 Å². The Balaban J connectivity index is 1.89. The van der Waals surface area contributed by atoms with Gasteiger partial charge in [0.2, 0.25) is 5.16 Å². The van der Waals surface area contributed by atoms with Crippen LogP contribution >= 0.6 is 11.8 Å². The van der Waals surface area contributed by atoms with Crippen molar-refractivity contribution < 1.29 is 4.92 Å². The second-order valence-corrected chi connectivity index (χ2v) is 4.63. The fraction of sp³-hybridized carbons (Fsp3) is 0.182. The Bertz CT molecular complexity index is 593. The molecule has 0 bridgehead atoms. The maximum atomic E-state index is 10.5. The van der Waals surface area contributed by atoms with Gasteiger partial charge in [0.05, 0.1) is 4.92 Å². The highest BCUT2D eigenvalue weighted by Crippen LogP contribution is 2.15. The normalized spacial score (nSPS) is 11.0. The number of hydrogen-bond acceptors (Lipinski definition) is 6. The van der Waals surface area contributed by atoms with E-state index in [9.17, 15) is 10.1 Å². The van der Waals surface area contributed by atoms with Crippen molar-refractivity contribution in [3.63, 3.8) is 0 Å². The molecule has 0 aliphatic rings. The first-order valence-electron chi connectivity index (χ1n) is 5.43. The van der Waals surface area contributed by atoms with Crippen LogP contribution < -0.4 is 0 Å². The molecule has 0 amide bonds. The minimum atomic E-state index is -0.412. The van der Waals surface area contributed by atoms with Crippen molar-refractivity contribution in [3.05, 3.63) is 46.0 Å². The molecule has 0 N–H and O–H groups in total. The number of aromatic nitrogens is 4. The zero-order chi connectivity index (χ0) is 13.7. The van der Waals surface area contributed by atoms with Crippen LogP contribution in [0.25, 0.3) is 6.08 Å². The quantitative estimate of drug-likeness (QED) is 0.471. The predicted octanol–water partition coefficient (Wildman–Crippen LogP) is 1.92. The molecule has 0 spiro atoms. The number of benzene rings is 1. The van der Waals surface area contributed by atoms with Crippen molar-refractivity contribution in [3.8, 4) is 0 Å². The molecule has 98 valence electrons. The van der Waals surface area contributed by atoms with Gasteiger partial charge in [-0.15, -0.1) is 5.10 Å². The second kappa shape index (κ2) is 6.10. The molecule has 1 aromatic heterocycles. The van der Waals surface area contributed by atoms with Crippen molar-refractivity contribution >= 4 is 23.5 Å². The zero-order valence-corrected chi connectivity index (χ0v) is 10.9. The third-order valence-corrected chi connectivity index (χ3v) is 3.27. The molecular formula is C11H11N5O2S. The van der Waals surface area contributed by atoms with Gasteiger partial charge in [0.1, 0.15) is 0 Å². The smallest absolute Gasteiger partial charge is 0.258 e. The van der Waals surface area contributed by atoms with Crippen LogP contribution in [0.4, 0.5) is 5.69 Å². The number of nitro benzene ring substituents is 1. The molecule has 1 aromatic carbocycles. The van der Waals surface area contributed by atoms with Gasteiger partial charge in [-0.05, 0) is 28.1 Å². The zero-order valence-electron chi connectivity index (χ0n) is 10.1. The second-order valence-electron chi connectivity index (χ2n) is 3.65. The van der Waals surface area contributed by atoms with Crippen molar-refractivity contribution in [2.45, 2.75) is 5.16 Å². The minimum absolute atomic E-state index is 0.0942. The van der Waals surface area contributed by atoms with E-state index in [0.717, 1.165) is 16.5 Å². The van der Waals surface area contributed by atoms with E-state index < -0.39 is 4.92 Å². The lowest BCUT2D eigenvalue weighted by atomic mass is 10.2. The Morgan fingerprint density at radius 1 is 1.42 bits per heavy atom. The Kier molecular flexibility index (Phi) is 4.24. The molecule has 0 fully saturated rings. The Labute approximate surface area is 113 Å². The summed E-state index contributed by atoms with van der Waals surface area (Å²) >= 11 is 1.51. The number of aryl methyl sites for hydroxylation is 1. The molecule has 0 aliphatic heterocycles. The number of thioether (sulfide) groups is 1. The predicted molar refractivity (Wildman–Crippen MR) is 71.7 cm³/mol. The summed E-state index contributed by atoms with van der Waals surface area (Å²) in [6.07, 6.45) is 3.86. The summed E-state index contributed by atoms with van der Waals surface area (Å²) in [7, 11) is 1.78. The molecule has 0 radical (unpaired) electrons. The van der Waals surface area contributed by atoms with E-state index in [1.54, 1.807) is 23.9 Å². The minimum Gasteiger partial charge on any atom is -0.258 e. The SMILES string of the molecule is Cn1nnnc1SC/C=C/c1ccc([N+](=O)[O-])cc1. The fourth-order valence-corrected chi connectivity index (χ4v) is 2.02. The highest BCUT2D eigenvalue weighted by Gasteiger charge is 2.02. The van der Waals surface area contributed by atoms with Crippen molar-refractivity contribution in [1.82, 2.24) is 20.2 Å². The van der Waals surface area contributed by atoms with E-state index >= 15 is 0 Å². The van der Waals surface area contributed by atoms with Gasteiger partial charge in [0.15, 0.2) is 0 Å². The molecule has 2 rings (SSSR count). The Hall–Kier alpha value is -2.22. The van der Waals surface area contributed by atoms with Crippen LogP contribution in [-0.2, 0) is 7.05 Å². The Morgan fingerprint density at radius 3 is 2.74 bits per heavy atom. The summed E-state index contributed by atoms with van der Waals surface area (Å²) < 4.78 is 1.60. The third kappa shape index (κ3) is 3.62. The van der Waals surface area contributed by atoms with Crippen LogP contribution in [0.5, 0.6) is 0 Å². The standard InChI is InChI=1S/C11H11N5O2S/c1-15-11(12-13-14-15)19-8-2-3-9-4-6-10(7-5-9)16(17)18/h2-7H,8H2,1H3/b3-2+. The van der Waals surface area contributed by atoms with Gasteiger partial charge in [0.25, 0.3) is 5.69 Å². The molecule has 0 saturated carbocycles. The molecular weight excluding hydrogens is 266 g/mol. The first kappa shape index (κ1) is 13.2. The molecule has 0 atom stereocenters. The summed E-state index contributed by atoms with van der Waals surface area (Å²) in [4.78, 5) is 10.1. The molecule has 2 aromatic rings. The number of nitro groups is 1. The number of nitrogens with zero attached hydrogens (tertiary/aromatic N) is 5. The summed E-state index contributed by atoms with van der Waals surface area (Å²) in [5.74, 6) is 0.727. The maximum absolute atomic E-state index is 10.5. The summed E-state index contributed by atoms with van der Waals surface area (Å²) in [6, 6.07) is 6.39. The number of hydrogen-bond donors (Lipinski definition) is 0. The number of tetrazole rings is 1. The van der Waals surface area contributed by atoms with Gasteiger partial charge in [0, 0.05) is 24.9 Å². The van der Waals surface area contributed by atoms with Crippen LogP contribution in [0.3, 0.4) is 0 Å². The van der Waals surface area contributed by atoms with Gasteiger partial charge in [-0.25, -0.2) is 4.68 Å². The van der Waals surface area contributed by atoms with E-state index in [0.29, 0.717) is 0 Å². The summed E-state index contributed by atoms with van der Waals surface area (Å²) in [5.41, 5.74) is 1.01. The Morgan fingerprint density at radius 2 is 2.16 bits per heavy atom. The lowest BCUT2D eigenvalue weighted by molar-refractivity contribution is -0.384. The van der Waals surface area contributed by atoms with E-state index in [2.05, 4.69) is 15.5 Å². The van der Waals surface area contributed by atoms with Crippen molar-refractivity contribution in [2.75, 3.05) is 5.75 Å². The van der Waals surface area contributed by atoms with Gasteiger partial charge in [-0.2, -0.15) is 0 Å². The van der Waals surface area contributed by atoms with Crippen molar-refractivity contribution in [2.24, 2.45) is 7.05 Å². The monoisotopic (exact) mass is 277 g/mol. The number of rotatable bonds is 5. The van der Waals surface area contributed by atoms with Crippen LogP contribution in [0.15, 0.2) is 35.5 Å². The molecule has 0 saturated heterocycles. The van der Waals surface area contributed by atoms with Crippen LogP contribution in [0.2, 0.25) is 0 Å². The maximum Gasteiger partial charge on any atom is 0.269 e.